The van der Waals surface area contributed by atoms with Gasteiger partial charge in [0.2, 0.25) is 17.6 Å². The summed E-state index contributed by atoms with van der Waals surface area (Å²) in [6.07, 6.45) is 14.1. The van der Waals surface area contributed by atoms with Gasteiger partial charge < -0.3 is 26.2 Å². The van der Waals surface area contributed by atoms with Crippen LogP contribution in [-0.2, 0) is 29.0 Å². The third kappa shape index (κ3) is 8.44. The van der Waals surface area contributed by atoms with Crippen molar-refractivity contribution in [3.63, 3.8) is 0 Å². The van der Waals surface area contributed by atoms with Gasteiger partial charge in [0.15, 0.2) is 9.84 Å². The highest BCUT2D eigenvalue weighted by Crippen LogP contribution is 2.65. The molecule has 0 aromatic heterocycles. The fourth-order valence-electron chi connectivity index (χ4n) is 10.7. The normalized spacial score (nSPS) is 30.5. The lowest BCUT2D eigenvalue weighted by atomic mass is 9.70. The van der Waals surface area contributed by atoms with Crippen molar-refractivity contribution in [2.75, 3.05) is 18.8 Å². The topological polar surface area (TPSA) is 171 Å². The number of hydrogen-bond acceptors (Lipinski definition) is 7. The van der Waals surface area contributed by atoms with Gasteiger partial charge in [-0.15, -0.1) is 0 Å². The Bertz CT molecular complexity index is 1510. The van der Waals surface area contributed by atoms with E-state index >= 15 is 4.79 Å². The lowest BCUT2D eigenvalue weighted by Crippen LogP contribution is -2.66. The Morgan fingerprint density at radius 1 is 0.830 bits per heavy atom. The fourth-order valence-corrected chi connectivity index (χ4v) is 13.1. The average molecular weight is 760 g/mol. The van der Waals surface area contributed by atoms with Gasteiger partial charge in [-0.05, 0) is 86.4 Å². The number of Topliss-reactive ketones (excluding diaryl/α,β-unsaturated/α-hetero) is 1. The van der Waals surface area contributed by atoms with Gasteiger partial charge >= 0.3 is 6.03 Å². The minimum Gasteiger partial charge on any atom is -0.349 e. The Kier molecular flexibility index (Phi) is 11.9. The first-order chi connectivity index (χ1) is 25.1. The molecule has 6 aliphatic rings. The zero-order valence-electron chi connectivity index (χ0n) is 32.6. The van der Waals surface area contributed by atoms with Gasteiger partial charge in [0.25, 0.3) is 5.91 Å². The Hall–Kier alpha value is -2.70. The molecule has 0 bridgehead atoms. The van der Waals surface area contributed by atoms with E-state index in [9.17, 15) is 27.6 Å². The van der Waals surface area contributed by atoms with E-state index < -0.39 is 67.8 Å². The lowest BCUT2D eigenvalue weighted by molar-refractivity contribution is -0.146. The summed E-state index contributed by atoms with van der Waals surface area (Å²) in [6, 6.07) is -3.26. The molecule has 13 heteroatoms. The number of urea groups is 1. The number of carbonyl (C=O) groups is 5. The highest BCUT2D eigenvalue weighted by Gasteiger charge is 2.70. The Labute approximate surface area is 316 Å². The van der Waals surface area contributed by atoms with Crippen LogP contribution < -0.4 is 21.3 Å². The molecule has 298 valence electrons. The molecule has 0 aromatic rings. The third-order valence-electron chi connectivity index (χ3n) is 14.2. The molecular weight excluding hydrogens is 695 g/mol. The number of ketones is 1. The quantitative estimate of drug-likeness (QED) is 0.188. The van der Waals surface area contributed by atoms with Crippen molar-refractivity contribution >= 4 is 39.4 Å². The summed E-state index contributed by atoms with van der Waals surface area (Å²) in [6.45, 7) is 8.90. The van der Waals surface area contributed by atoms with Crippen molar-refractivity contribution in [1.82, 2.24) is 26.2 Å². The van der Waals surface area contributed by atoms with Crippen molar-refractivity contribution in [3.8, 4) is 0 Å². The number of fused-ring (bicyclic) bond motifs is 1. The summed E-state index contributed by atoms with van der Waals surface area (Å²) in [7, 11) is -3.39. The second-order valence-corrected chi connectivity index (χ2v) is 20.7. The minimum atomic E-state index is -3.39. The summed E-state index contributed by atoms with van der Waals surface area (Å²) in [5, 5.41) is 11.3. The van der Waals surface area contributed by atoms with Crippen LogP contribution >= 0.6 is 0 Å². The van der Waals surface area contributed by atoms with Crippen LogP contribution in [0.4, 0.5) is 4.79 Å². The second-order valence-electron chi connectivity index (χ2n) is 18.4. The molecule has 4 aliphatic carbocycles. The van der Waals surface area contributed by atoms with Crippen molar-refractivity contribution in [2.45, 2.75) is 172 Å². The molecule has 4 N–H and O–H groups in total. The summed E-state index contributed by atoms with van der Waals surface area (Å²) in [5.41, 5.74) is -1.62. The number of nitrogens with zero attached hydrogens (tertiary/aromatic N) is 1. The molecule has 2 heterocycles. The zero-order valence-corrected chi connectivity index (χ0v) is 33.4. The van der Waals surface area contributed by atoms with Gasteiger partial charge in [0.05, 0.1) is 22.6 Å². The van der Waals surface area contributed by atoms with E-state index in [4.69, 9.17) is 0 Å². The van der Waals surface area contributed by atoms with E-state index in [0.717, 1.165) is 77.0 Å². The maximum atomic E-state index is 15.0. The Morgan fingerprint density at radius 2 is 1.49 bits per heavy atom. The molecule has 6 atom stereocenters. The van der Waals surface area contributed by atoms with Crippen molar-refractivity contribution in [1.29, 1.82) is 0 Å². The highest BCUT2D eigenvalue weighted by molar-refractivity contribution is 7.92. The Balaban J connectivity index is 1.24. The molecule has 6 rings (SSSR count). The molecule has 6 fully saturated rings. The van der Waals surface area contributed by atoms with Crippen LogP contribution in [0, 0.1) is 28.6 Å². The number of rotatable bonds is 14. The molecule has 5 amide bonds. The molecule has 4 saturated carbocycles. The largest absolute Gasteiger partial charge is 0.349 e. The summed E-state index contributed by atoms with van der Waals surface area (Å²) in [4.78, 5) is 71.5. The van der Waals surface area contributed by atoms with Crippen molar-refractivity contribution in [3.05, 3.63) is 0 Å². The summed E-state index contributed by atoms with van der Waals surface area (Å²) < 4.78 is 26.8. The van der Waals surface area contributed by atoms with Gasteiger partial charge in [-0.25, -0.2) is 13.2 Å². The van der Waals surface area contributed by atoms with Crippen LogP contribution in [0.15, 0.2) is 0 Å². The molecule has 2 saturated heterocycles. The molecule has 0 spiro atoms. The predicted octanol–water partition coefficient (Wildman–Crippen LogP) is 4.55. The van der Waals surface area contributed by atoms with Crippen LogP contribution in [0.25, 0.3) is 0 Å². The second kappa shape index (κ2) is 15.8. The number of likely N-dealkylation sites (tertiary alicyclic amines) is 1. The van der Waals surface area contributed by atoms with Crippen molar-refractivity contribution in [2.24, 2.45) is 28.6 Å². The zero-order chi connectivity index (χ0) is 38.2. The number of piperidine rings is 1. The fraction of sp³-hybridized carbons (Fsp3) is 0.875. The predicted molar refractivity (Wildman–Crippen MR) is 202 cm³/mol. The smallest absolute Gasteiger partial charge is 0.315 e. The molecule has 0 radical (unpaired) electrons. The number of carbonyl (C=O) groups excluding carboxylic acids is 5. The average Bonchev–Trinajstić information content (AvgIpc) is 3.99. The van der Waals surface area contributed by atoms with Gasteiger partial charge in [-0.3, -0.25) is 19.2 Å². The van der Waals surface area contributed by atoms with Gasteiger partial charge in [-0.2, -0.15) is 0 Å². The first kappa shape index (κ1) is 40.0. The molecule has 0 aromatic carbocycles. The van der Waals surface area contributed by atoms with E-state index in [1.165, 1.54) is 0 Å². The van der Waals surface area contributed by atoms with Gasteiger partial charge in [0, 0.05) is 13.1 Å². The SMILES string of the molecule is CCCNC(=O)C(=O)[C@H](CCC1CC1)NC(=O)[C@@H]1[C@@H]2[C@H](CN1C(=O)[C@@H](NC(=O)NC1([C@@H]3CCCCS3(=O)=O)CCCCC1)C1(C)CCCCC1)C2(C)C. The monoisotopic (exact) mass is 759 g/mol. The van der Waals surface area contributed by atoms with Gasteiger partial charge in [0.1, 0.15) is 12.1 Å². The highest BCUT2D eigenvalue weighted by atomic mass is 32.2. The maximum absolute atomic E-state index is 15.0. The van der Waals surface area contributed by atoms with Crippen LogP contribution in [0.3, 0.4) is 0 Å². The number of nitrogens with one attached hydrogen (secondary N) is 4. The lowest BCUT2D eigenvalue weighted by Gasteiger charge is -2.46. The van der Waals surface area contributed by atoms with Gasteiger partial charge in [-0.1, -0.05) is 85.5 Å². The maximum Gasteiger partial charge on any atom is 0.315 e. The van der Waals surface area contributed by atoms with Crippen LogP contribution in [0.1, 0.15) is 143 Å². The van der Waals surface area contributed by atoms with E-state index in [1.807, 2.05) is 13.8 Å². The van der Waals surface area contributed by atoms with Crippen LogP contribution in [0.2, 0.25) is 0 Å². The summed E-state index contributed by atoms with van der Waals surface area (Å²) in [5.74, 6) is -1.48. The van der Waals surface area contributed by atoms with Crippen LogP contribution in [-0.4, -0.2) is 90.6 Å². The molecule has 12 nitrogen and oxygen atoms in total. The van der Waals surface area contributed by atoms with E-state index in [0.29, 0.717) is 57.5 Å². The van der Waals surface area contributed by atoms with E-state index in [1.54, 1.807) is 4.90 Å². The Morgan fingerprint density at radius 3 is 2.11 bits per heavy atom. The van der Waals surface area contributed by atoms with E-state index in [-0.39, 0.29) is 28.9 Å². The third-order valence-corrected chi connectivity index (χ3v) is 16.6. The number of hydrogen-bond donors (Lipinski definition) is 4. The first-order valence-corrected chi connectivity index (χ1v) is 22.6. The molecule has 53 heavy (non-hydrogen) atoms. The van der Waals surface area contributed by atoms with Crippen LogP contribution in [0.5, 0.6) is 0 Å². The standard InChI is InChI=1S/C40H65N5O7S/c1-5-23-41-35(48)32(46)28(18-17-26-15-16-26)42-34(47)31-30-27(38(30,2)3)25-45(31)36(49)33(39(4)19-9-6-10-20-39)43-37(50)44-40(21-11-7-12-22-40)29-14-8-13-24-53(29,51)52/h26-31,33H,5-25H2,1-4H3,(H,41,48)(H,42,47)(H2,43,44,50)/t27-,28-,29-,30-,31-,33+/m0/s1. The number of amides is 5. The molecule has 2 aliphatic heterocycles. The van der Waals surface area contributed by atoms with E-state index in [2.05, 4.69) is 35.1 Å². The minimum absolute atomic E-state index is 0.0892. The van der Waals surface area contributed by atoms with Crippen molar-refractivity contribution < 1.29 is 32.4 Å². The first-order valence-electron chi connectivity index (χ1n) is 20.9. The molecular formula is C40H65N5O7S. The number of sulfone groups is 1. The molecule has 0 unspecified atom stereocenters. The summed E-state index contributed by atoms with van der Waals surface area (Å²) >= 11 is 0.